The summed E-state index contributed by atoms with van der Waals surface area (Å²) in [4.78, 5) is 2.23. The van der Waals surface area contributed by atoms with E-state index in [1.807, 2.05) is 13.0 Å². The van der Waals surface area contributed by atoms with Gasteiger partial charge in [0.25, 0.3) is 0 Å². The van der Waals surface area contributed by atoms with Gasteiger partial charge in [0.2, 0.25) is 0 Å². The Hall–Kier alpha value is -1.09. The summed E-state index contributed by atoms with van der Waals surface area (Å²) in [6.45, 7) is 4.01. The third-order valence-corrected chi connectivity index (χ3v) is 2.68. The van der Waals surface area contributed by atoms with Crippen molar-refractivity contribution in [2.24, 2.45) is 5.73 Å². The first-order valence-corrected chi connectivity index (χ1v) is 4.98. The Labute approximate surface area is 83.5 Å². The lowest BCUT2D eigenvalue weighted by Gasteiger charge is -2.35. The van der Waals surface area contributed by atoms with E-state index in [0.717, 1.165) is 24.3 Å². The molecule has 1 atom stereocenters. The van der Waals surface area contributed by atoms with Crippen LogP contribution in [0.3, 0.4) is 0 Å². The maximum atomic E-state index is 13.0. The predicted octanol–water partition coefficient (Wildman–Crippen LogP) is 2.06. The molecule has 2 rings (SSSR count). The number of hydrogen-bond donors (Lipinski definition) is 1. The number of halogens is 1. The van der Waals surface area contributed by atoms with E-state index in [-0.39, 0.29) is 11.9 Å². The molecule has 0 radical (unpaired) electrons. The first-order valence-electron chi connectivity index (χ1n) is 4.98. The maximum Gasteiger partial charge on any atom is 0.123 e. The minimum absolute atomic E-state index is 0.110. The van der Waals surface area contributed by atoms with Crippen molar-refractivity contribution < 1.29 is 4.39 Å². The van der Waals surface area contributed by atoms with E-state index < -0.39 is 0 Å². The fourth-order valence-corrected chi connectivity index (χ4v) is 1.74. The zero-order valence-corrected chi connectivity index (χ0v) is 8.33. The average Bonchev–Trinajstić information content (AvgIpc) is 2.04. The highest BCUT2D eigenvalue weighted by atomic mass is 19.1. The molecule has 14 heavy (non-hydrogen) atoms. The van der Waals surface area contributed by atoms with Gasteiger partial charge in [-0.3, -0.25) is 0 Å². The van der Waals surface area contributed by atoms with Gasteiger partial charge in [-0.05, 0) is 37.1 Å². The summed E-state index contributed by atoms with van der Waals surface area (Å²) in [5.41, 5.74) is 7.80. The molecule has 1 heterocycles. The molecule has 0 aromatic heterocycles. The molecule has 76 valence electrons. The van der Waals surface area contributed by atoms with E-state index in [0.29, 0.717) is 0 Å². The molecule has 0 bridgehead atoms. The van der Waals surface area contributed by atoms with Gasteiger partial charge < -0.3 is 10.6 Å². The molecular weight excluding hydrogens is 179 g/mol. The molecule has 0 aliphatic carbocycles. The zero-order valence-electron chi connectivity index (χ0n) is 8.33. The summed E-state index contributed by atoms with van der Waals surface area (Å²) in [6.07, 6.45) is 1.22. The number of nitrogens with two attached hydrogens (primary N) is 1. The summed E-state index contributed by atoms with van der Waals surface area (Å²) in [5, 5.41) is 0. The van der Waals surface area contributed by atoms with Crippen LogP contribution in [-0.4, -0.2) is 13.1 Å². The fraction of sp³-hybridized carbons (Fsp3) is 0.455. The Bertz CT molecular complexity index is 332. The summed E-state index contributed by atoms with van der Waals surface area (Å²) < 4.78 is 13.0. The van der Waals surface area contributed by atoms with E-state index in [1.165, 1.54) is 12.5 Å². The second-order valence-corrected chi connectivity index (χ2v) is 3.83. The monoisotopic (exact) mass is 194 g/mol. The molecule has 0 spiro atoms. The van der Waals surface area contributed by atoms with Crippen molar-refractivity contribution in [1.82, 2.24) is 0 Å². The highest BCUT2D eigenvalue weighted by Crippen LogP contribution is 2.29. The van der Waals surface area contributed by atoms with Gasteiger partial charge in [0.15, 0.2) is 0 Å². The van der Waals surface area contributed by atoms with E-state index in [2.05, 4.69) is 4.90 Å². The Kier molecular flexibility index (Phi) is 2.42. The van der Waals surface area contributed by atoms with E-state index in [9.17, 15) is 4.39 Å². The lowest BCUT2D eigenvalue weighted by Crippen LogP contribution is -2.38. The van der Waals surface area contributed by atoms with Gasteiger partial charge >= 0.3 is 0 Å². The molecule has 1 saturated heterocycles. The Balaban J connectivity index is 2.36. The van der Waals surface area contributed by atoms with Gasteiger partial charge in [0.05, 0.1) is 0 Å². The highest BCUT2D eigenvalue weighted by molar-refractivity contribution is 5.56. The number of rotatable bonds is 2. The van der Waals surface area contributed by atoms with Gasteiger partial charge in [-0.15, -0.1) is 0 Å². The summed E-state index contributed by atoms with van der Waals surface area (Å²) >= 11 is 0. The van der Waals surface area contributed by atoms with Crippen LogP contribution >= 0.6 is 0 Å². The van der Waals surface area contributed by atoms with Crippen molar-refractivity contribution in [2.45, 2.75) is 19.4 Å². The van der Waals surface area contributed by atoms with Crippen molar-refractivity contribution in [3.63, 3.8) is 0 Å². The summed E-state index contributed by atoms with van der Waals surface area (Å²) in [5.74, 6) is -0.207. The average molecular weight is 194 g/mol. The molecule has 1 unspecified atom stereocenters. The number of hydrogen-bond acceptors (Lipinski definition) is 2. The Morgan fingerprint density at radius 3 is 2.64 bits per heavy atom. The summed E-state index contributed by atoms with van der Waals surface area (Å²) in [7, 11) is 0. The van der Waals surface area contributed by atoms with Crippen LogP contribution in [0, 0.1) is 5.82 Å². The lowest BCUT2D eigenvalue weighted by molar-refractivity contribution is 0.600. The predicted molar refractivity (Wildman–Crippen MR) is 55.8 cm³/mol. The van der Waals surface area contributed by atoms with E-state index in [1.54, 1.807) is 6.07 Å². The van der Waals surface area contributed by atoms with E-state index in [4.69, 9.17) is 5.73 Å². The van der Waals surface area contributed by atoms with Crippen molar-refractivity contribution in [1.29, 1.82) is 0 Å². The van der Waals surface area contributed by atoms with Crippen LogP contribution in [0.1, 0.15) is 24.9 Å². The molecule has 0 saturated carbocycles. The van der Waals surface area contributed by atoms with Crippen LogP contribution in [0.25, 0.3) is 0 Å². The van der Waals surface area contributed by atoms with Crippen LogP contribution in [-0.2, 0) is 0 Å². The van der Waals surface area contributed by atoms with Crippen LogP contribution in [0.4, 0.5) is 10.1 Å². The smallest absolute Gasteiger partial charge is 0.123 e. The lowest BCUT2D eigenvalue weighted by atomic mass is 10.0. The Morgan fingerprint density at radius 2 is 2.14 bits per heavy atom. The molecule has 3 heteroatoms. The van der Waals surface area contributed by atoms with Crippen molar-refractivity contribution in [2.75, 3.05) is 18.0 Å². The van der Waals surface area contributed by atoms with Crippen LogP contribution < -0.4 is 10.6 Å². The molecular formula is C11H15FN2. The first kappa shape index (κ1) is 9.46. The van der Waals surface area contributed by atoms with Crippen LogP contribution in [0.5, 0.6) is 0 Å². The van der Waals surface area contributed by atoms with E-state index >= 15 is 0 Å². The van der Waals surface area contributed by atoms with Gasteiger partial charge in [0, 0.05) is 24.8 Å². The maximum absolute atomic E-state index is 13.0. The molecule has 1 fully saturated rings. The number of anilines is 1. The second-order valence-electron chi connectivity index (χ2n) is 3.83. The van der Waals surface area contributed by atoms with Crippen molar-refractivity contribution >= 4 is 5.69 Å². The number of nitrogens with zero attached hydrogens (tertiary/aromatic N) is 1. The second kappa shape index (κ2) is 3.58. The van der Waals surface area contributed by atoms with Gasteiger partial charge in [0.1, 0.15) is 5.82 Å². The minimum Gasteiger partial charge on any atom is -0.371 e. The molecule has 1 aliphatic rings. The molecule has 2 nitrogen and oxygen atoms in total. The third-order valence-electron chi connectivity index (χ3n) is 2.68. The van der Waals surface area contributed by atoms with Gasteiger partial charge in [-0.1, -0.05) is 0 Å². The third kappa shape index (κ3) is 1.60. The molecule has 1 aromatic rings. The fourth-order valence-electron chi connectivity index (χ4n) is 1.74. The highest BCUT2D eigenvalue weighted by Gasteiger charge is 2.19. The largest absolute Gasteiger partial charge is 0.371 e. The van der Waals surface area contributed by atoms with Crippen LogP contribution in [0.15, 0.2) is 18.2 Å². The van der Waals surface area contributed by atoms with Gasteiger partial charge in [-0.25, -0.2) is 4.39 Å². The quantitative estimate of drug-likeness (QED) is 0.780. The zero-order chi connectivity index (χ0) is 10.1. The SMILES string of the molecule is CC(N)c1cc(F)ccc1N1CCC1. The van der Waals surface area contributed by atoms with Crippen molar-refractivity contribution in [3.8, 4) is 0 Å². The minimum atomic E-state index is -0.207. The molecule has 1 aliphatic heterocycles. The molecule has 2 N–H and O–H groups in total. The Morgan fingerprint density at radius 1 is 1.43 bits per heavy atom. The summed E-state index contributed by atoms with van der Waals surface area (Å²) in [6, 6.07) is 4.76. The standard InChI is InChI=1S/C11H15FN2/c1-8(13)10-7-9(12)3-4-11(10)14-5-2-6-14/h3-4,7-8H,2,5-6,13H2,1H3. The van der Waals surface area contributed by atoms with Gasteiger partial charge in [-0.2, -0.15) is 0 Å². The normalized spacial score (nSPS) is 17.8. The number of benzene rings is 1. The van der Waals surface area contributed by atoms with Crippen molar-refractivity contribution in [3.05, 3.63) is 29.6 Å². The molecule has 0 amide bonds. The topological polar surface area (TPSA) is 29.3 Å². The first-order chi connectivity index (χ1) is 6.68. The van der Waals surface area contributed by atoms with Crippen LogP contribution in [0.2, 0.25) is 0 Å². The molecule has 1 aromatic carbocycles.